The normalized spacial score (nSPS) is 10.5. The topological polar surface area (TPSA) is 59.1 Å². The number of hydrogen-bond acceptors (Lipinski definition) is 5. The van der Waals surface area contributed by atoms with Gasteiger partial charge < -0.3 is 15.4 Å². The van der Waals surface area contributed by atoms with Crippen LogP contribution in [0.4, 0.5) is 17.3 Å². The molecule has 1 aromatic heterocycles. The van der Waals surface area contributed by atoms with Crippen LogP contribution in [0, 0.1) is 20.8 Å². The van der Waals surface area contributed by atoms with Gasteiger partial charge in [0.15, 0.2) is 0 Å². The minimum absolute atomic E-state index is 0.684. The maximum absolute atomic E-state index is 5.18. The van der Waals surface area contributed by atoms with E-state index in [1.54, 1.807) is 13.4 Å². The van der Waals surface area contributed by atoms with Gasteiger partial charge in [0, 0.05) is 18.3 Å². The first-order valence-corrected chi connectivity index (χ1v) is 8.59. The summed E-state index contributed by atoms with van der Waals surface area (Å²) in [6.07, 6.45) is 1.57. The zero-order chi connectivity index (χ0) is 18.5. The highest BCUT2D eigenvalue weighted by molar-refractivity contribution is 5.66. The summed E-state index contributed by atoms with van der Waals surface area (Å²) in [5.74, 6) is 2.40. The molecule has 5 nitrogen and oxygen atoms in total. The lowest BCUT2D eigenvalue weighted by molar-refractivity contribution is 0.414. The molecule has 2 aromatic carbocycles. The van der Waals surface area contributed by atoms with Gasteiger partial charge in [-0.25, -0.2) is 9.97 Å². The van der Waals surface area contributed by atoms with Crippen LogP contribution in [0.5, 0.6) is 5.75 Å². The highest BCUT2D eigenvalue weighted by Crippen LogP contribution is 2.25. The summed E-state index contributed by atoms with van der Waals surface area (Å²) in [5, 5.41) is 6.74. The Balaban J connectivity index is 1.70. The molecule has 0 radical (unpaired) electrons. The monoisotopic (exact) mass is 348 g/mol. The van der Waals surface area contributed by atoms with Gasteiger partial charge in [0.25, 0.3) is 0 Å². The van der Waals surface area contributed by atoms with E-state index in [0.29, 0.717) is 6.54 Å². The van der Waals surface area contributed by atoms with Gasteiger partial charge >= 0.3 is 0 Å². The molecule has 0 spiro atoms. The fourth-order valence-corrected chi connectivity index (χ4v) is 2.96. The van der Waals surface area contributed by atoms with Gasteiger partial charge in [-0.2, -0.15) is 0 Å². The van der Waals surface area contributed by atoms with Crippen LogP contribution in [0.1, 0.15) is 22.3 Å². The minimum Gasteiger partial charge on any atom is -0.497 e. The number of aromatic nitrogens is 2. The van der Waals surface area contributed by atoms with E-state index in [1.165, 1.54) is 16.7 Å². The van der Waals surface area contributed by atoms with Crippen molar-refractivity contribution in [3.63, 3.8) is 0 Å². The van der Waals surface area contributed by atoms with Crippen molar-refractivity contribution in [2.75, 3.05) is 17.7 Å². The van der Waals surface area contributed by atoms with Crippen molar-refractivity contribution in [1.29, 1.82) is 0 Å². The van der Waals surface area contributed by atoms with Gasteiger partial charge in [0.1, 0.15) is 23.7 Å². The summed E-state index contributed by atoms with van der Waals surface area (Å²) in [5.41, 5.74) is 5.91. The SMILES string of the molecule is COc1ccc(CNc2cc(Nc3c(C)cc(C)cc3C)ncn2)cc1. The van der Waals surface area contributed by atoms with Gasteiger partial charge in [-0.1, -0.05) is 29.8 Å². The van der Waals surface area contributed by atoms with E-state index >= 15 is 0 Å². The number of hydrogen-bond donors (Lipinski definition) is 2. The molecule has 26 heavy (non-hydrogen) atoms. The third-order valence-electron chi connectivity index (χ3n) is 4.23. The largest absolute Gasteiger partial charge is 0.497 e. The van der Waals surface area contributed by atoms with Crippen LogP contribution >= 0.6 is 0 Å². The van der Waals surface area contributed by atoms with Crippen LogP contribution in [-0.2, 0) is 6.54 Å². The van der Waals surface area contributed by atoms with Crippen molar-refractivity contribution < 1.29 is 4.74 Å². The Morgan fingerprint density at radius 1 is 0.885 bits per heavy atom. The average Bonchev–Trinajstić information content (AvgIpc) is 2.64. The average molecular weight is 348 g/mol. The van der Waals surface area contributed by atoms with E-state index in [1.807, 2.05) is 30.3 Å². The number of nitrogens with zero attached hydrogens (tertiary/aromatic N) is 2. The maximum atomic E-state index is 5.18. The Labute approximate surface area is 154 Å². The smallest absolute Gasteiger partial charge is 0.135 e. The zero-order valence-electron chi connectivity index (χ0n) is 15.6. The second-order valence-electron chi connectivity index (χ2n) is 6.39. The first-order valence-electron chi connectivity index (χ1n) is 8.59. The number of benzene rings is 2. The molecule has 134 valence electrons. The molecule has 0 saturated carbocycles. The number of methoxy groups -OCH3 is 1. The maximum Gasteiger partial charge on any atom is 0.135 e. The highest BCUT2D eigenvalue weighted by atomic mass is 16.5. The number of rotatable bonds is 6. The fraction of sp³-hybridized carbons (Fsp3) is 0.238. The minimum atomic E-state index is 0.684. The molecule has 0 aliphatic rings. The van der Waals surface area contributed by atoms with Crippen LogP contribution in [0.25, 0.3) is 0 Å². The van der Waals surface area contributed by atoms with Crippen molar-refractivity contribution in [2.45, 2.75) is 27.3 Å². The van der Waals surface area contributed by atoms with E-state index in [4.69, 9.17) is 4.74 Å². The summed E-state index contributed by atoms with van der Waals surface area (Å²) in [4.78, 5) is 8.64. The summed E-state index contributed by atoms with van der Waals surface area (Å²) in [7, 11) is 1.67. The molecule has 5 heteroatoms. The van der Waals surface area contributed by atoms with Crippen molar-refractivity contribution in [1.82, 2.24) is 9.97 Å². The van der Waals surface area contributed by atoms with Gasteiger partial charge in [-0.15, -0.1) is 0 Å². The predicted octanol–water partition coefficient (Wildman–Crippen LogP) is 4.77. The highest BCUT2D eigenvalue weighted by Gasteiger charge is 2.06. The predicted molar refractivity (Wildman–Crippen MR) is 106 cm³/mol. The summed E-state index contributed by atoms with van der Waals surface area (Å²) >= 11 is 0. The van der Waals surface area contributed by atoms with Gasteiger partial charge in [0.2, 0.25) is 0 Å². The van der Waals surface area contributed by atoms with Crippen LogP contribution in [0.3, 0.4) is 0 Å². The molecule has 0 bridgehead atoms. The molecule has 1 heterocycles. The lowest BCUT2D eigenvalue weighted by atomic mass is 10.1. The van der Waals surface area contributed by atoms with E-state index in [2.05, 4.69) is 53.5 Å². The van der Waals surface area contributed by atoms with E-state index < -0.39 is 0 Å². The first kappa shape index (κ1) is 17.7. The second-order valence-corrected chi connectivity index (χ2v) is 6.39. The molecule has 3 aromatic rings. The van der Waals surface area contributed by atoms with Gasteiger partial charge in [-0.3, -0.25) is 0 Å². The summed E-state index contributed by atoms with van der Waals surface area (Å²) < 4.78 is 5.18. The molecule has 0 amide bonds. The number of aryl methyl sites for hydroxylation is 3. The Kier molecular flexibility index (Phi) is 5.37. The molecular weight excluding hydrogens is 324 g/mol. The Morgan fingerprint density at radius 3 is 2.19 bits per heavy atom. The van der Waals surface area contributed by atoms with Gasteiger partial charge in [-0.05, 0) is 49.6 Å². The van der Waals surface area contributed by atoms with Crippen LogP contribution in [0.15, 0.2) is 48.8 Å². The molecule has 3 rings (SSSR count). The molecule has 0 saturated heterocycles. The van der Waals surface area contributed by atoms with Crippen molar-refractivity contribution in [2.24, 2.45) is 0 Å². The number of anilines is 3. The van der Waals surface area contributed by atoms with Crippen LogP contribution < -0.4 is 15.4 Å². The molecule has 0 fully saturated rings. The summed E-state index contributed by atoms with van der Waals surface area (Å²) in [6, 6.07) is 14.2. The van der Waals surface area contributed by atoms with E-state index in [0.717, 1.165) is 28.6 Å². The Hall–Kier alpha value is -3.08. The van der Waals surface area contributed by atoms with Crippen molar-refractivity contribution in [3.8, 4) is 5.75 Å². The molecule has 0 aliphatic carbocycles. The fourth-order valence-electron chi connectivity index (χ4n) is 2.96. The number of ether oxygens (including phenoxy) is 1. The summed E-state index contributed by atoms with van der Waals surface area (Å²) in [6.45, 7) is 7.00. The van der Waals surface area contributed by atoms with Crippen LogP contribution in [-0.4, -0.2) is 17.1 Å². The van der Waals surface area contributed by atoms with E-state index in [-0.39, 0.29) is 0 Å². The van der Waals surface area contributed by atoms with E-state index in [9.17, 15) is 0 Å². The third kappa shape index (κ3) is 4.30. The van der Waals surface area contributed by atoms with Crippen molar-refractivity contribution in [3.05, 3.63) is 71.0 Å². The quantitative estimate of drug-likeness (QED) is 0.672. The number of nitrogens with one attached hydrogen (secondary N) is 2. The zero-order valence-corrected chi connectivity index (χ0v) is 15.6. The second kappa shape index (κ2) is 7.87. The first-order chi connectivity index (χ1) is 12.5. The van der Waals surface area contributed by atoms with Crippen LogP contribution in [0.2, 0.25) is 0 Å². The molecule has 0 atom stereocenters. The van der Waals surface area contributed by atoms with Crippen molar-refractivity contribution >= 4 is 17.3 Å². The molecule has 2 N–H and O–H groups in total. The molecule has 0 aliphatic heterocycles. The Bertz CT molecular complexity index is 868. The Morgan fingerprint density at radius 2 is 1.54 bits per heavy atom. The standard InChI is InChI=1S/C21H24N4O/c1-14-9-15(2)21(16(3)10-14)25-20-11-19(23-13-24-20)22-12-17-5-7-18(26-4)8-6-17/h5-11,13H,12H2,1-4H3,(H2,22,23,24,25). The van der Waals surface area contributed by atoms with Gasteiger partial charge in [0.05, 0.1) is 7.11 Å². The molecule has 0 unspecified atom stereocenters. The lowest BCUT2D eigenvalue weighted by Crippen LogP contribution is -2.04. The lowest BCUT2D eigenvalue weighted by Gasteiger charge is -2.14. The molecular formula is C21H24N4O. The third-order valence-corrected chi connectivity index (χ3v) is 4.23.